The van der Waals surface area contributed by atoms with Crippen LogP contribution in [0.1, 0.15) is 10.6 Å². The summed E-state index contributed by atoms with van der Waals surface area (Å²) in [5.74, 6) is 1.40. The van der Waals surface area contributed by atoms with Gasteiger partial charge in [0.05, 0.1) is 0 Å². The summed E-state index contributed by atoms with van der Waals surface area (Å²) in [5.41, 5.74) is 0. The van der Waals surface area contributed by atoms with E-state index in [-0.39, 0.29) is 5.91 Å². The van der Waals surface area contributed by atoms with E-state index in [9.17, 15) is 4.79 Å². The fourth-order valence-electron chi connectivity index (χ4n) is 2.17. The Morgan fingerprint density at radius 3 is 2.93 bits per heavy atom. The van der Waals surface area contributed by atoms with E-state index in [1.54, 1.807) is 0 Å². The van der Waals surface area contributed by atoms with Crippen molar-refractivity contribution in [1.29, 1.82) is 0 Å². The maximum atomic E-state index is 11.5. The number of carbonyl (C=O) groups is 1. The second-order valence-corrected chi connectivity index (χ2v) is 3.82. The van der Waals surface area contributed by atoms with E-state index in [4.69, 9.17) is 0 Å². The van der Waals surface area contributed by atoms with Crippen LogP contribution < -0.4 is 10.6 Å². The van der Waals surface area contributed by atoms with Gasteiger partial charge in [0.15, 0.2) is 0 Å². The van der Waals surface area contributed by atoms with Gasteiger partial charge < -0.3 is 10.6 Å². The number of aromatic nitrogens is 3. The maximum absolute atomic E-state index is 11.5. The molecule has 1 aromatic rings. The lowest BCUT2D eigenvalue weighted by Gasteiger charge is -2.05. The number of hydrogen-bond donors (Lipinski definition) is 3. The molecule has 1 aliphatic carbocycles. The van der Waals surface area contributed by atoms with Crippen molar-refractivity contribution >= 4 is 5.91 Å². The highest BCUT2D eigenvalue weighted by Gasteiger charge is 2.53. The summed E-state index contributed by atoms with van der Waals surface area (Å²) in [6.07, 6.45) is 1.34. The van der Waals surface area contributed by atoms with E-state index in [1.165, 1.54) is 6.33 Å². The molecule has 1 aromatic heterocycles. The summed E-state index contributed by atoms with van der Waals surface area (Å²) in [6.45, 7) is 2.04. The molecule has 2 atom stereocenters. The highest BCUT2D eigenvalue weighted by atomic mass is 16.2. The zero-order valence-corrected chi connectivity index (χ0v) is 7.53. The van der Waals surface area contributed by atoms with Crippen LogP contribution in [0.15, 0.2) is 6.33 Å². The van der Waals surface area contributed by atoms with Crippen molar-refractivity contribution in [2.24, 2.45) is 11.8 Å². The summed E-state index contributed by atoms with van der Waals surface area (Å²) in [5, 5.41) is 12.4. The quantitative estimate of drug-likeness (QED) is 0.548. The number of H-pyrrole nitrogens is 1. The first-order valence-electron chi connectivity index (χ1n) is 4.73. The Morgan fingerprint density at radius 2 is 2.29 bits per heavy atom. The minimum absolute atomic E-state index is 0.151. The largest absolute Gasteiger partial charge is 0.346 e. The molecule has 2 heterocycles. The third-order valence-corrected chi connectivity index (χ3v) is 3.02. The van der Waals surface area contributed by atoms with Gasteiger partial charge in [-0.3, -0.25) is 9.89 Å². The molecule has 0 radical (unpaired) electrons. The van der Waals surface area contributed by atoms with E-state index >= 15 is 0 Å². The van der Waals surface area contributed by atoms with Crippen molar-refractivity contribution in [2.45, 2.75) is 6.04 Å². The van der Waals surface area contributed by atoms with Gasteiger partial charge >= 0.3 is 0 Å². The summed E-state index contributed by atoms with van der Waals surface area (Å²) in [7, 11) is 0. The number of fused-ring (bicyclic) bond motifs is 1. The van der Waals surface area contributed by atoms with Gasteiger partial charge in [0.25, 0.3) is 5.91 Å². The lowest BCUT2D eigenvalue weighted by atomic mass is 10.4. The molecule has 1 aliphatic heterocycles. The lowest BCUT2D eigenvalue weighted by Crippen LogP contribution is -2.33. The molecule has 3 rings (SSSR count). The fourth-order valence-corrected chi connectivity index (χ4v) is 2.17. The van der Waals surface area contributed by atoms with Gasteiger partial charge in [0, 0.05) is 19.1 Å². The van der Waals surface area contributed by atoms with Crippen LogP contribution in [0.5, 0.6) is 0 Å². The Kier molecular flexibility index (Phi) is 1.57. The average Bonchev–Trinajstić information content (AvgIpc) is 2.75. The molecular weight excluding hydrogens is 182 g/mol. The summed E-state index contributed by atoms with van der Waals surface area (Å²) >= 11 is 0. The van der Waals surface area contributed by atoms with Crippen LogP contribution in [-0.2, 0) is 0 Å². The topological polar surface area (TPSA) is 82.7 Å². The number of carbonyl (C=O) groups excluding carboxylic acids is 1. The molecule has 0 spiro atoms. The standard InChI is InChI=1S/C8H11N5O/c14-8(7-10-3-11-13-7)12-6-4-1-9-2-5(4)6/h3-6,9H,1-2H2,(H,12,14)(H,10,11,13). The van der Waals surface area contributed by atoms with Crippen LogP contribution >= 0.6 is 0 Å². The molecule has 1 saturated heterocycles. The number of nitrogens with one attached hydrogen (secondary N) is 3. The first kappa shape index (κ1) is 7.93. The van der Waals surface area contributed by atoms with Crippen LogP contribution in [0, 0.1) is 11.8 Å². The van der Waals surface area contributed by atoms with Crippen molar-refractivity contribution in [1.82, 2.24) is 25.8 Å². The maximum Gasteiger partial charge on any atom is 0.288 e. The molecule has 6 nitrogen and oxygen atoms in total. The van der Waals surface area contributed by atoms with Crippen LogP contribution in [-0.4, -0.2) is 40.2 Å². The van der Waals surface area contributed by atoms with Crippen molar-refractivity contribution in [3.8, 4) is 0 Å². The van der Waals surface area contributed by atoms with Gasteiger partial charge in [-0.15, -0.1) is 0 Å². The molecule has 2 unspecified atom stereocenters. The molecular formula is C8H11N5O. The summed E-state index contributed by atoms with van der Waals surface area (Å²) < 4.78 is 0. The molecule has 0 aromatic carbocycles. The SMILES string of the molecule is O=C(NC1C2CNCC21)c1ncn[nH]1. The first-order valence-corrected chi connectivity index (χ1v) is 4.73. The predicted octanol–water partition coefficient (Wildman–Crippen LogP) is -1.25. The first-order chi connectivity index (χ1) is 6.86. The number of hydrogen-bond acceptors (Lipinski definition) is 4. The second-order valence-electron chi connectivity index (χ2n) is 3.82. The molecule has 1 saturated carbocycles. The van der Waals surface area contributed by atoms with Gasteiger partial charge in [-0.1, -0.05) is 0 Å². The van der Waals surface area contributed by atoms with Crippen LogP contribution in [0.4, 0.5) is 0 Å². The second kappa shape index (κ2) is 2.78. The fraction of sp³-hybridized carbons (Fsp3) is 0.625. The van der Waals surface area contributed by atoms with Crippen LogP contribution in [0.25, 0.3) is 0 Å². The van der Waals surface area contributed by atoms with Gasteiger partial charge in [-0.2, -0.15) is 5.10 Å². The van der Waals surface area contributed by atoms with Gasteiger partial charge in [0.1, 0.15) is 6.33 Å². The molecule has 1 amide bonds. The van der Waals surface area contributed by atoms with E-state index in [0.717, 1.165) is 13.1 Å². The smallest absolute Gasteiger partial charge is 0.288 e. The third kappa shape index (κ3) is 1.11. The molecule has 0 bridgehead atoms. The van der Waals surface area contributed by atoms with E-state index in [2.05, 4.69) is 25.8 Å². The van der Waals surface area contributed by atoms with Gasteiger partial charge in [-0.05, 0) is 11.8 Å². The molecule has 6 heteroatoms. The number of piperidine rings is 1. The molecule has 2 fully saturated rings. The summed E-state index contributed by atoms with van der Waals surface area (Å²) in [6, 6.07) is 0.342. The van der Waals surface area contributed by atoms with Crippen molar-refractivity contribution in [3.05, 3.63) is 12.2 Å². The van der Waals surface area contributed by atoms with E-state index in [1.807, 2.05) is 0 Å². The normalized spacial score (nSPS) is 33.9. The zero-order valence-electron chi connectivity index (χ0n) is 7.53. The molecule has 2 aliphatic rings. The molecule has 3 N–H and O–H groups in total. The Labute approximate surface area is 80.5 Å². The molecule has 74 valence electrons. The van der Waals surface area contributed by atoms with Crippen molar-refractivity contribution < 1.29 is 4.79 Å². The van der Waals surface area contributed by atoms with E-state index in [0.29, 0.717) is 23.7 Å². The van der Waals surface area contributed by atoms with Crippen LogP contribution in [0.3, 0.4) is 0 Å². The molecule has 14 heavy (non-hydrogen) atoms. The Hall–Kier alpha value is -1.43. The third-order valence-electron chi connectivity index (χ3n) is 3.02. The number of rotatable bonds is 2. The Bertz CT molecular complexity index is 339. The Morgan fingerprint density at radius 1 is 1.50 bits per heavy atom. The van der Waals surface area contributed by atoms with Crippen molar-refractivity contribution in [2.75, 3.05) is 13.1 Å². The van der Waals surface area contributed by atoms with Crippen LogP contribution in [0.2, 0.25) is 0 Å². The Balaban J connectivity index is 1.61. The summed E-state index contributed by atoms with van der Waals surface area (Å²) in [4.78, 5) is 15.3. The van der Waals surface area contributed by atoms with Gasteiger partial charge in [0.2, 0.25) is 5.82 Å². The van der Waals surface area contributed by atoms with Crippen molar-refractivity contribution in [3.63, 3.8) is 0 Å². The zero-order chi connectivity index (χ0) is 9.54. The monoisotopic (exact) mass is 193 g/mol. The average molecular weight is 193 g/mol. The number of amides is 1. The van der Waals surface area contributed by atoms with Gasteiger partial charge in [-0.25, -0.2) is 4.98 Å². The minimum Gasteiger partial charge on any atom is -0.346 e. The minimum atomic E-state index is -0.151. The predicted molar refractivity (Wildman–Crippen MR) is 47.5 cm³/mol. The number of aromatic amines is 1. The lowest BCUT2D eigenvalue weighted by molar-refractivity contribution is 0.0936. The highest BCUT2D eigenvalue weighted by molar-refractivity contribution is 5.90. The van der Waals surface area contributed by atoms with E-state index < -0.39 is 0 Å². The number of nitrogens with zero attached hydrogens (tertiary/aromatic N) is 2. The highest BCUT2D eigenvalue weighted by Crippen LogP contribution is 2.41.